The first kappa shape index (κ1) is 8.71. The molecule has 1 aromatic rings. The fourth-order valence-electron chi connectivity index (χ4n) is 1.07. The molecule has 0 spiro atoms. The second kappa shape index (κ2) is 3.85. The van der Waals surface area contributed by atoms with Crippen molar-refractivity contribution in [3.05, 3.63) is 29.6 Å². The molecule has 3 nitrogen and oxygen atoms in total. The summed E-state index contributed by atoms with van der Waals surface area (Å²) in [5.74, 6) is -0.0470. The van der Waals surface area contributed by atoms with Crippen molar-refractivity contribution in [1.29, 1.82) is 0 Å². The van der Waals surface area contributed by atoms with Gasteiger partial charge in [-0.1, -0.05) is 6.92 Å². The molecule has 1 heterocycles. The van der Waals surface area contributed by atoms with Crippen LogP contribution in [0, 0.1) is 0 Å². The average molecular weight is 164 g/mol. The maximum Gasteiger partial charge on any atom is 0.251 e. The summed E-state index contributed by atoms with van der Waals surface area (Å²) in [6.45, 7) is 2.00. The van der Waals surface area contributed by atoms with Gasteiger partial charge in [0, 0.05) is 25.0 Å². The average Bonchev–Trinajstić information content (AvgIpc) is 2.16. The zero-order valence-electron chi connectivity index (χ0n) is 7.29. The molecule has 1 amide bonds. The minimum atomic E-state index is -0.0470. The molecule has 0 unspecified atom stereocenters. The lowest BCUT2D eigenvalue weighted by molar-refractivity contribution is 0.0962. The zero-order chi connectivity index (χ0) is 8.97. The highest BCUT2D eigenvalue weighted by molar-refractivity contribution is 5.95. The number of hydrogen-bond donors (Lipinski definition) is 1. The number of carbonyl (C=O) groups excluding carboxylic acids is 1. The van der Waals surface area contributed by atoms with Crippen LogP contribution >= 0.6 is 0 Å². The van der Waals surface area contributed by atoms with Gasteiger partial charge in [0.2, 0.25) is 0 Å². The van der Waals surface area contributed by atoms with E-state index in [0.717, 1.165) is 17.5 Å². The van der Waals surface area contributed by atoms with Gasteiger partial charge in [-0.25, -0.2) is 0 Å². The van der Waals surface area contributed by atoms with Gasteiger partial charge in [0.25, 0.3) is 5.91 Å². The minimum Gasteiger partial charge on any atom is -0.355 e. The number of aryl methyl sites for hydroxylation is 1. The van der Waals surface area contributed by atoms with Crippen LogP contribution in [0.2, 0.25) is 0 Å². The van der Waals surface area contributed by atoms with Gasteiger partial charge in [-0.15, -0.1) is 0 Å². The summed E-state index contributed by atoms with van der Waals surface area (Å²) in [6, 6.07) is 1.73. The van der Waals surface area contributed by atoms with Crippen molar-refractivity contribution in [3.63, 3.8) is 0 Å². The summed E-state index contributed by atoms with van der Waals surface area (Å²) >= 11 is 0. The number of hydrogen-bond acceptors (Lipinski definition) is 2. The summed E-state index contributed by atoms with van der Waals surface area (Å²) < 4.78 is 0. The van der Waals surface area contributed by atoms with Crippen molar-refractivity contribution in [2.75, 3.05) is 7.05 Å². The largest absolute Gasteiger partial charge is 0.355 e. The second-order valence-electron chi connectivity index (χ2n) is 2.47. The monoisotopic (exact) mass is 164 g/mol. The highest BCUT2D eigenvalue weighted by atomic mass is 16.1. The van der Waals surface area contributed by atoms with Gasteiger partial charge in [0.1, 0.15) is 0 Å². The Kier molecular flexibility index (Phi) is 2.80. The molecule has 12 heavy (non-hydrogen) atoms. The second-order valence-corrected chi connectivity index (χ2v) is 2.47. The van der Waals surface area contributed by atoms with Crippen LogP contribution < -0.4 is 5.32 Å². The number of carbonyl (C=O) groups is 1. The molecule has 1 N–H and O–H groups in total. The molecule has 0 aliphatic carbocycles. The number of nitrogens with one attached hydrogen (secondary N) is 1. The van der Waals surface area contributed by atoms with E-state index < -0.39 is 0 Å². The first-order valence-corrected chi connectivity index (χ1v) is 3.94. The summed E-state index contributed by atoms with van der Waals surface area (Å²) in [5.41, 5.74) is 1.70. The molecule has 3 heteroatoms. The van der Waals surface area contributed by atoms with Crippen LogP contribution in [0.25, 0.3) is 0 Å². The molecule has 1 rings (SSSR count). The normalized spacial score (nSPS) is 9.50. The highest BCUT2D eigenvalue weighted by Crippen LogP contribution is 2.06. The number of pyridine rings is 1. The Balaban J connectivity index is 3.04. The summed E-state index contributed by atoms with van der Waals surface area (Å²) in [4.78, 5) is 15.2. The van der Waals surface area contributed by atoms with Crippen LogP contribution in [0.5, 0.6) is 0 Å². The fraction of sp³-hybridized carbons (Fsp3) is 0.333. The topological polar surface area (TPSA) is 42.0 Å². The van der Waals surface area contributed by atoms with E-state index in [4.69, 9.17) is 0 Å². The van der Waals surface area contributed by atoms with Crippen molar-refractivity contribution in [1.82, 2.24) is 10.3 Å². The van der Waals surface area contributed by atoms with Crippen LogP contribution in [0.3, 0.4) is 0 Å². The quantitative estimate of drug-likeness (QED) is 0.708. The molecular formula is C9H12N2O. The van der Waals surface area contributed by atoms with Gasteiger partial charge < -0.3 is 5.32 Å². The molecule has 0 bridgehead atoms. The van der Waals surface area contributed by atoms with Crippen molar-refractivity contribution in [2.24, 2.45) is 0 Å². The van der Waals surface area contributed by atoms with Gasteiger partial charge in [-0.3, -0.25) is 9.78 Å². The third-order valence-corrected chi connectivity index (χ3v) is 1.76. The molecule has 0 fully saturated rings. The van der Waals surface area contributed by atoms with Crippen LogP contribution in [0.15, 0.2) is 18.5 Å². The fourth-order valence-corrected chi connectivity index (χ4v) is 1.07. The molecule has 0 aromatic carbocycles. The number of rotatable bonds is 2. The van der Waals surface area contributed by atoms with Crippen molar-refractivity contribution in [2.45, 2.75) is 13.3 Å². The molecule has 0 aliphatic rings. The maximum atomic E-state index is 11.3. The van der Waals surface area contributed by atoms with Crippen molar-refractivity contribution in [3.8, 4) is 0 Å². The Morgan fingerprint density at radius 2 is 2.42 bits per heavy atom. The van der Waals surface area contributed by atoms with Crippen molar-refractivity contribution >= 4 is 5.91 Å². The van der Waals surface area contributed by atoms with Gasteiger partial charge >= 0.3 is 0 Å². The van der Waals surface area contributed by atoms with Gasteiger partial charge in [-0.05, 0) is 18.1 Å². The lowest BCUT2D eigenvalue weighted by Gasteiger charge is -2.03. The molecule has 1 aromatic heterocycles. The van der Waals surface area contributed by atoms with E-state index in [-0.39, 0.29) is 5.91 Å². The van der Waals surface area contributed by atoms with E-state index in [9.17, 15) is 4.79 Å². The minimum absolute atomic E-state index is 0.0470. The lowest BCUT2D eigenvalue weighted by Crippen LogP contribution is -2.19. The van der Waals surface area contributed by atoms with Gasteiger partial charge in [-0.2, -0.15) is 0 Å². The molecule has 0 radical (unpaired) electrons. The van der Waals surface area contributed by atoms with E-state index in [1.807, 2.05) is 6.92 Å². The Bertz CT molecular complexity index is 284. The summed E-state index contributed by atoms with van der Waals surface area (Å²) in [7, 11) is 1.63. The Morgan fingerprint density at radius 3 is 3.00 bits per heavy atom. The zero-order valence-corrected chi connectivity index (χ0v) is 7.29. The predicted molar refractivity (Wildman–Crippen MR) is 47.0 cm³/mol. The first-order chi connectivity index (χ1) is 5.79. The Morgan fingerprint density at radius 1 is 1.67 bits per heavy atom. The first-order valence-electron chi connectivity index (χ1n) is 3.94. The van der Waals surface area contributed by atoms with Gasteiger partial charge in [0.05, 0.1) is 0 Å². The third kappa shape index (κ3) is 1.61. The van der Waals surface area contributed by atoms with Crippen molar-refractivity contribution < 1.29 is 4.79 Å². The molecule has 0 saturated carbocycles. The number of amides is 1. The van der Waals surface area contributed by atoms with E-state index >= 15 is 0 Å². The van der Waals surface area contributed by atoms with Gasteiger partial charge in [0.15, 0.2) is 0 Å². The molecule has 64 valence electrons. The summed E-state index contributed by atoms with van der Waals surface area (Å²) in [5, 5.41) is 2.59. The third-order valence-electron chi connectivity index (χ3n) is 1.76. The number of nitrogens with zero attached hydrogens (tertiary/aromatic N) is 1. The lowest BCUT2D eigenvalue weighted by atomic mass is 10.1. The highest BCUT2D eigenvalue weighted by Gasteiger charge is 2.06. The molecular weight excluding hydrogens is 152 g/mol. The Labute approximate surface area is 71.8 Å². The van der Waals surface area contributed by atoms with E-state index in [1.54, 1.807) is 25.5 Å². The number of aromatic nitrogens is 1. The van der Waals surface area contributed by atoms with E-state index in [0.29, 0.717) is 0 Å². The SMILES string of the molecule is CCc1cnccc1C(=O)NC. The molecule has 0 aliphatic heterocycles. The van der Waals surface area contributed by atoms with E-state index in [2.05, 4.69) is 10.3 Å². The maximum absolute atomic E-state index is 11.3. The van der Waals surface area contributed by atoms with Crippen LogP contribution in [0.1, 0.15) is 22.8 Å². The summed E-state index contributed by atoms with van der Waals surface area (Å²) in [6.07, 6.45) is 4.19. The van der Waals surface area contributed by atoms with Crippen LogP contribution in [0.4, 0.5) is 0 Å². The smallest absolute Gasteiger partial charge is 0.251 e. The van der Waals surface area contributed by atoms with Crippen LogP contribution in [-0.4, -0.2) is 17.9 Å². The molecule has 0 atom stereocenters. The Hall–Kier alpha value is -1.38. The standard InChI is InChI=1S/C9H12N2O/c1-3-7-6-11-5-4-8(7)9(12)10-2/h4-6H,3H2,1-2H3,(H,10,12). The predicted octanol–water partition coefficient (Wildman–Crippen LogP) is 1.00. The van der Waals surface area contributed by atoms with Crippen LogP contribution in [-0.2, 0) is 6.42 Å². The van der Waals surface area contributed by atoms with E-state index in [1.165, 1.54) is 0 Å². The molecule has 0 saturated heterocycles.